The van der Waals surface area contributed by atoms with E-state index in [9.17, 15) is 4.79 Å². The predicted molar refractivity (Wildman–Crippen MR) is 126 cm³/mol. The normalized spacial score (nSPS) is 11.6. The molecule has 0 saturated heterocycles. The number of anilines is 2. The molecule has 0 unspecified atom stereocenters. The van der Waals surface area contributed by atoms with Gasteiger partial charge in [-0.2, -0.15) is 9.67 Å². The molecular formula is C25H25N5O2. The molecule has 7 nitrogen and oxygen atoms in total. The van der Waals surface area contributed by atoms with Gasteiger partial charge in [0.05, 0.1) is 18.8 Å². The van der Waals surface area contributed by atoms with Crippen LogP contribution in [0, 0.1) is 6.92 Å². The summed E-state index contributed by atoms with van der Waals surface area (Å²) in [6, 6.07) is 24.9. The maximum atomic E-state index is 12.9. The van der Waals surface area contributed by atoms with Crippen LogP contribution in [0.25, 0.3) is 5.69 Å². The maximum Gasteiger partial charge on any atom is 0.258 e. The highest BCUT2D eigenvalue weighted by molar-refractivity contribution is 6.04. The van der Waals surface area contributed by atoms with E-state index >= 15 is 0 Å². The van der Waals surface area contributed by atoms with E-state index in [4.69, 9.17) is 4.74 Å². The van der Waals surface area contributed by atoms with Crippen molar-refractivity contribution in [2.24, 2.45) is 0 Å². The topological polar surface area (TPSA) is 81.1 Å². The Kier molecular flexibility index (Phi) is 6.17. The number of aryl methyl sites for hydroxylation is 1. The molecule has 0 saturated carbocycles. The molecule has 32 heavy (non-hydrogen) atoms. The second-order valence-corrected chi connectivity index (χ2v) is 7.41. The number of benzene rings is 3. The predicted octanol–water partition coefficient (Wildman–Crippen LogP) is 5.01. The second-order valence-electron chi connectivity index (χ2n) is 7.41. The van der Waals surface area contributed by atoms with Gasteiger partial charge in [0.25, 0.3) is 5.91 Å². The van der Waals surface area contributed by atoms with Crippen LogP contribution in [0.3, 0.4) is 0 Å². The number of hydrogen-bond acceptors (Lipinski definition) is 5. The number of rotatable bonds is 7. The zero-order chi connectivity index (χ0) is 22.5. The lowest BCUT2D eigenvalue weighted by Gasteiger charge is -2.12. The molecule has 0 spiro atoms. The third kappa shape index (κ3) is 4.62. The molecule has 4 aromatic rings. The fourth-order valence-corrected chi connectivity index (χ4v) is 3.37. The number of amides is 1. The van der Waals surface area contributed by atoms with Crippen molar-refractivity contribution in [2.75, 3.05) is 17.7 Å². The van der Waals surface area contributed by atoms with Crippen LogP contribution in [-0.2, 0) is 0 Å². The number of nitrogens with zero attached hydrogens (tertiary/aromatic N) is 3. The van der Waals surface area contributed by atoms with Crippen molar-refractivity contribution in [2.45, 2.75) is 19.9 Å². The van der Waals surface area contributed by atoms with E-state index in [2.05, 4.69) is 20.7 Å². The molecule has 1 aromatic heterocycles. The summed E-state index contributed by atoms with van der Waals surface area (Å²) >= 11 is 0. The Morgan fingerprint density at radius 2 is 1.66 bits per heavy atom. The van der Waals surface area contributed by atoms with Crippen LogP contribution in [0.2, 0.25) is 0 Å². The summed E-state index contributed by atoms with van der Waals surface area (Å²) in [6.07, 6.45) is 0. The van der Waals surface area contributed by atoms with Crippen LogP contribution in [-0.4, -0.2) is 27.8 Å². The highest BCUT2D eigenvalue weighted by Crippen LogP contribution is 2.23. The second kappa shape index (κ2) is 9.34. The number of ether oxygens (including phenoxy) is 1. The van der Waals surface area contributed by atoms with Gasteiger partial charge in [0.1, 0.15) is 5.75 Å². The average molecular weight is 428 g/mol. The Balaban J connectivity index is 1.66. The molecule has 4 rings (SSSR count). The highest BCUT2D eigenvalue weighted by atomic mass is 16.5. The van der Waals surface area contributed by atoms with Crippen LogP contribution < -0.4 is 15.4 Å². The fourth-order valence-electron chi connectivity index (χ4n) is 3.37. The molecule has 1 heterocycles. The summed E-state index contributed by atoms with van der Waals surface area (Å²) in [7, 11) is 1.62. The molecule has 1 atom stereocenters. The van der Waals surface area contributed by atoms with Gasteiger partial charge in [-0.1, -0.05) is 48.5 Å². The Labute approximate surface area is 187 Å². The molecule has 0 aliphatic carbocycles. The summed E-state index contributed by atoms with van der Waals surface area (Å²) in [5.74, 6) is 1.23. The van der Waals surface area contributed by atoms with Gasteiger partial charge in [-0.15, -0.1) is 5.10 Å². The Hall–Kier alpha value is -4.13. The Morgan fingerprint density at radius 3 is 2.34 bits per heavy atom. The summed E-state index contributed by atoms with van der Waals surface area (Å²) in [4.78, 5) is 17.5. The van der Waals surface area contributed by atoms with Crippen molar-refractivity contribution < 1.29 is 9.53 Å². The molecule has 7 heteroatoms. The van der Waals surface area contributed by atoms with Crippen molar-refractivity contribution in [1.82, 2.24) is 14.8 Å². The fraction of sp³-hybridized carbons (Fsp3) is 0.160. The minimum atomic E-state index is -0.243. The number of carbonyl (C=O) groups is 1. The molecule has 0 aliphatic rings. The monoisotopic (exact) mass is 427 g/mol. The Morgan fingerprint density at radius 1 is 0.969 bits per heavy atom. The van der Waals surface area contributed by atoms with E-state index < -0.39 is 0 Å². The van der Waals surface area contributed by atoms with Crippen molar-refractivity contribution in [3.63, 3.8) is 0 Å². The minimum Gasteiger partial charge on any atom is -0.497 e. The molecule has 1 amide bonds. The van der Waals surface area contributed by atoms with Crippen molar-refractivity contribution in [1.29, 1.82) is 0 Å². The zero-order valence-corrected chi connectivity index (χ0v) is 18.2. The van der Waals surface area contributed by atoms with E-state index in [0.717, 1.165) is 22.6 Å². The van der Waals surface area contributed by atoms with Crippen LogP contribution in [0.15, 0.2) is 78.9 Å². The van der Waals surface area contributed by atoms with Crippen LogP contribution >= 0.6 is 0 Å². The lowest BCUT2D eigenvalue weighted by Crippen LogP contribution is -2.17. The summed E-state index contributed by atoms with van der Waals surface area (Å²) in [6.45, 7) is 3.94. The molecule has 0 radical (unpaired) electrons. The van der Waals surface area contributed by atoms with Gasteiger partial charge in [-0.25, -0.2) is 0 Å². The molecule has 2 N–H and O–H groups in total. The molecule has 3 aromatic carbocycles. The van der Waals surface area contributed by atoms with E-state index in [0.29, 0.717) is 17.5 Å². The number of methoxy groups -OCH3 is 1. The molecule has 0 bridgehead atoms. The standard InChI is InChI=1S/C25H25N5O2/c1-17-9-7-8-12-22(17)23(31)27-25-28-24(26-18(2)19-10-5-4-6-11-19)29-30(25)20-13-15-21(32-3)16-14-20/h4-16,18H,1-3H3,(H2,26,27,28,29,31)/t18-/m1/s1. The van der Waals surface area contributed by atoms with Gasteiger partial charge in [-0.3, -0.25) is 10.1 Å². The van der Waals surface area contributed by atoms with Gasteiger partial charge < -0.3 is 10.1 Å². The van der Waals surface area contributed by atoms with Crippen LogP contribution in [0.5, 0.6) is 5.75 Å². The maximum absolute atomic E-state index is 12.9. The first-order valence-corrected chi connectivity index (χ1v) is 10.3. The van der Waals surface area contributed by atoms with Crippen molar-refractivity contribution >= 4 is 17.8 Å². The van der Waals surface area contributed by atoms with E-state index in [-0.39, 0.29) is 11.9 Å². The van der Waals surface area contributed by atoms with E-state index in [1.165, 1.54) is 0 Å². The summed E-state index contributed by atoms with van der Waals surface area (Å²) < 4.78 is 6.86. The van der Waals surface area contributed by atoms with E-state index in [1.54, 1.807) is 17.9 Å². The third-order valence-corrected chi connectivity index (χ3v) is 5.18. The molecule has 0 aliphatic heterocycles. The van der Waals surface area contributed by atoms with Gasteiger partial charge in [-0.05, 0) is 55.3 Å². The lowest BCUT2D eigenvalue weighted by atomic mass is 10.1. The zero-order valence-electron chi connectivity index (χ0n) is 18.2. The first kappa shape index (κ1) is 21.1. The smallest absolute Gasteiger partial charge is 0.258 e. The minimum absolute atomic E-state index is 0.0113. The average Bonchev–Trinajstić information content (AvgIpc) is 3.21. The quantitative estimate of drug-likeness (QED) is 0.433. The third-order valence-electron chi connectivity index (χ3n) is 5.18. The van der Waals surface area contributed by atoms with Crippen molar-refractivity contribution in [3.8, 4) is 11.4 Å². The molecule has 162 valence electrons. The van der Waals surface area contributed by atoms with Gasteiger partial charge in [0.2, 0.25) is 11.9 Å². The first-order valence-electron chi connectivity index (χ1n) is 10.3. The SMILES string of the molecule is COc1ccc(-n2nc(N[C@H](C)c3ccccc3)nc2NC(=O)c2ccccc2C)cc1. The number of nitrogens with one attached hydrogen (secondary N) is 2. The number of hydrogen-bond donors (Lipinski definition) is 2. The van der Waals surface area contributed by atoms with Gasteiger partial charge >= 0.3 is 0 Å². The van der Waals surface area contributed by atoms with Crippen LogP contribution in [0.4, 0.5) is 11.9 Å². The number of carbonyl (C=O) groups excluding carboxylic acids is 1. The van der Waals surface area contributed by atoms with Crippen molar-refractivity contribution in [3.05, 3.63) is 95.6 Å². The Bertz CT molecular complexity index is 1200. The molecule has 0 fully saturated rings. The lowest BCUT2D eigenvalue weighted by molar-refractivity contribution is 0.102. The summed E-state index contributed by atoms with van der Waals surface area (Å²) in [5.41, 5.74) is 3.33. The first-order chi connectivity index (χ1) is 15.5. The summed E-state index contributed by atoms with van der Waals surface area (Å²) in [5, 5.41) is 10.8. The van der Waals surface area contributed by atoms with E-state index in [1.807, 2.05) is 86.6 Å². The van der Waals surface area contributed by atoms with Gasteiger partial charge in [0, 0.05) is 5.56 Å². The molecular weight excluding hydrogens is 402 g/mol. The largest absolute Gasteiger partial charge is 0.497 e. The van der Waals surface area contributed by atoms with Crippen LogP contribution in [0.1, 0.15) is 34.5 Å². The number of aromatic nitrogens is 3. The van der Waals surface area contributed by atoms with Gasteiger partial charge in [0.15, 0.2) is 0 Å². The highest BCUT2D eigenvalue weighted by Gasteiger charge is 2.18.